The lowest BCUT2D eigenvalue weighted by atomic mass is 10.2. The highest BCUT2D eigenvalue weighted by atomic mass is 127. The molecule has 3 N–H and O–H groups in total. The van der Waals surface area contributed by atoms with Gasteiger partial charge in [-0.15, -0.1) is 24.0 Å². The molecule has 6 nitrogen and oxygen atoms in total. The lowest BCUT2D eigenvalue weighted by molar-refractivity contribution is 0.0529. The summed E-state index contributed by atoms with van der Waals surface area (Å²) < 4.78 is 5.15. The van der Waals surface area contributed by atoms with Crippen LogP contribution < -0.4 is 16.0 Å². The Morgan fingerprint density at radius 2 is 1.71 bits per heavy atom. The van der Waals surface area contributed by atoms with Crippen LogP contribution in [0.5, 0.6) is 0 Å². The lowest BCUT2D eigenvalue weighted by Crippen LogP contribution is -2.42. The largest absolute Gasteiger partial charge is 0.444 e. The fourth-order valence-corrected chi connectivity index (χ4v) is 1.79. The van der Waals surface area contributed by atoms with Gasteiger partial charge in [0.2, 0.25) is 0 Å². The first kappa shape index (κ1) is 22.8. The Kier molecular flexibility index (Phi) is 10.8. The smallest absolute Gasteiger partial charge is 0.407 e. The van der Waals surface area contributed by atoms with E-state index in [0.717, 1.165) is 5.56 Å². The maximum Gasteiger partial charge on any atom is 0.407 e. The number of carbonyl (C=O) groups excluding carboxylic acids is 1. The monoisotopic (exact) mass is 468 g/mol. The maximum absolute atomic E-state index is 11.5. The molecule has 0 aliphatic rings. The molecule has 0 aromatic heterocycles. The topological polar surface area (TPSA) is 74.8 Å². The van der Waals surface area contributed by atoms with Crippen LogP contribution >= 0.6 is 35.6 Å². The summed E-state index contributed by atoms with van der Waals surface area (Å²) in [4.78, 5) is 15.6. The minimum Gasteiger partial charge on any atom is -0.444 e. The third-order valence-corrected chi connectivity index (χ3v) is 2.93. The van der Waals surface area contributed by atoms with E-state index < -0.39 is 11.7 Å². The summed E-state index contributed by atoms with van der Waals surface area (Å²) in [6.07, 6.45) is -0.427. The summed E-state index contributed by atoms with van der Waals surface area (Å²) in [7, 11) is 1.69. The van der Waals surface area contributed by atoms with Crippen molar-refractivity contribution in [3.63, 3.8) is 0 Å². The summed E-state index contributed by atoms with van der Waals surface area (Å²) in [5, 5.41) is 9.69. The number of ether oxygens (including phenoxy) is 1. The second-order valence-corrected chi connectivity index (χ2v) is 6.34. The van der Waals surface area contributed by atoms with Crippen molar-refractivity contribution < 1.29 is 9.53 Å². The number of benzene rings is 1. The predicted octanol–water partition coefficient (Wildman–Crippen LogP) is 3.15. The van der Waals surface area contributed by atoms with Gasteiger partial charge in [-0.1, -0.05) is 23.7 Å². The number of alkyl carbamates (subject to hydrolysis) is 1. The van der Waals surface area contributed by atoms with E-state index in [1.165, 1.54) is 0 Å². The minimum atomic E-state index is -0.492. The van der Waals surface area contributed by atoms with Gasteiger partial charge in [0.15, 0.2) is 5.96 Å². The molecule has 0 bridgehead atoms. The van der Waals surface area contributed by atoms with Crippen LogP contribution in [0.2, 0.25) is 5.02 Å². The molecule has 8 heteroatoms. The molecule has 0 fully saturated rings. The lowest BCUT2D eigenvalue weighted by Gasteiger charge is -2.19. The molecule has 0 saturated heterocycles. The van der Waals surface area contributed by atoms with Gasteiger partial charge in [0.1, 0.15) is 5.60 Å². The van der Waals surface area contributed by atoms with E-state index in [2.05, 4.69) is 20.9 Å². The fourth-order valence-electron chi connectivity index (χ4n) is 1.67. The highest BCUT2D eigenvalue weighted by Crippen LogP contribution is 2.09. The van der Waals surface area contributed by atoms with Crippen LogP contribution in [-0.2, 0) is 11.3 Å². The first-order valence-electron chi connectivity index (χ1n) is 7.46. The van der Waals surface area contributed by atoms with Gasteiger partial charge in [0, 0.05) is 31.7 Å². The van der Waals surface area contributed by atoms with Gasteiger partial charge in [-0.05, 0) is 38.5 Å². The minimum absolute atomic E-state index is 0. The average Bonchev–Trinajstić information content (AvgIpc) is 2.46. The highest BCUT2D eigenvalue weighted by molar-refractivity contribution is 14.0. The second-order valence-electron chi connectivity index (χ2n) is 5.91. The number of nitrogens with one attached hydrogen (secondary N) is 3. The molecule has 24 heavy (non-hydrogen) atoms. The van der Waals surface area contributed by atoms with Crippen LogP contribution in [0.4, 0.5) is 4.79 Å². The number of guanidine groups is 1. The van der Waals surface area contributed by atoms with Crippen molar-refractivity contribution in [3.8, 4) is 0 Å². The molecule has 1 aromatic rings. The predicted molar refractivity (Wildman–Crippen MR) is 109 cm³/mol. The number of nitrogens with zero attached hydrogens (tertiary/aromatic N) is 1. The van der Waals surface area contributed by atoms with Gasteiger partial charge >= 0.3 is 6.09 Å². The number of carbonyl (C=O) groups is 1. The van der Waals surface area contributed by atoms with Gasteiger partial charge in [-0.2, -0.15) is 0 Å². The van der Waals surface area contributed by atoms with Crippen LogP contribution in [-0.4, -0.2) is 37.8 Å². The highest BCUT2D eigenvalue weighted by Gasteiger charge is 2.15. The van der Waals surface area contributed by atoms with Crippen molar-refractivity contribution in [1.82, 2.24) is 16.0 Å². The molecule has 0 spiro atoms. The van der Waals surface area contributed by atoms with Crippen molar-refractivity contribution in [2.45, 2.75) is 32.9 Å². The van der Waals surface area contributed by atoms with Gasteiger partial charge < -0.3 is 20.7 Å². The normalized spacial score (nSPS) is 11.3. The van der Waals surface area contributed by atoms with E-state index in [9.17, 15) is 4.79 Å². The van der Waals surface area contributed by atoms with Crippen molar-refractivity contribution in [2.75, 3.05) is 20.1 Å². The van der Waals surface area contributed by atoms with Crippen molar-refractivity contribution in [1.29, 1.82) is 0 Å². The van der Waals surface area contributed by atoms with Gasteiger partial charge in [-0.3, -0.25) is 4.99 Å². The zero-order valence-corrected chi connectivity index (χ0v) is 17.6. The molecule has 0 heterocycles. The zero-order chi connectivity index (χ0) is 17.3. The standard InChI is InChI=1S/C16H25ClN4O2.HI/c1-16(2,3)23-15(22)20-10-9-19-14(18-4)21-11-12-5-7-13(17)8-6-12;/h5-8H,9-11H2,1-4H3,(H,20,22)(H2,18,19,21);1H. The maximum atomic E-state index is 11.5. The third-order valence-electron chi connectivity index (χ3n) is 2.68. The van der Waals surface area contributed by atoms with Crippen LogP contribution in [0.1, 0.15) is 26.3 Å². The average molecular weight is 469 g/mol. The second kappa shape index (κ2) is 11.4. The molecule has 136 valence electrons. The van der Waals surface area contributed by atoms with Gasteiger partial charge in [0.05, 0.1) is 0 Å². The SMILES string of the molecule is CN=C(NCCNC(=O)OC(C)(C)C)NCc1ccc(Cl)cc1.I. The molecule has 1 rings (SSSR count). The van der Waals surface area contributed by atoms with Crippen LogP contribution in [0.25, 0.3) is 0 Å². The van der Waals surface area contributed by atoms with Crippen LogP contribution in [0.3, 0.4) is 0 Å². The molecular weight excluding hydrogens is 443 g/mol. The number of amides is 1. The Morgan fingerprint density at radius 3 is 2.25 bits per heavy atom. The molecule has 0 aliphatic carbocycles. The quantitative estimate of drug-likeness (QED) is 0.269. The van der Waals surface area contributed by atoms with Crippen molar-refractivity contribution in [2.24, 2.45) is 4.99 Å². The third kappa shape index (κ3) is 10.5. The van der Waals surface area contributed by atoms with E-state index in [1.807, 2.05) is 45.0 Å². The number of hydrogen-bond acceptors (Lipinski definition) is 3. The Bertz CT molecular complexity index is 530. The molecule has 0 atom stereocenters. The molecule has 0 saturated carbocycles. The molecule has 0 aliphatic heterocycles. The first-order chi connectivity index (χ1) is 10.8. The van der Waals surface area contributed by atoms with Gasteiger partial charge in [-0.25, -0.2) is 4.79 Å². The molecule has 0 unspecified atom stereocenters. The van der Waals surface area contributed by atoms with E-state index >= 15 is 0 Å². The summed E-state index contributed by atoms with van der Waals surface area (Å²) in [6, 6.07) is 7.60. The Balaban J connectivity index is 0.00000529. The van der Waals surface area contributed by atoms with Crippen LogP contribution in [0.15, 0.2) is 29.3 Å². The van der Waals surface area contributed by atoms with E-state index in [0.29, 0.717) is 30.6 Å². The molecule has 1 amide bonds. The van der Waals surface area contributed by atoms with Gasteiger partial charge in [0.25, 0.3) is 0 Å². The number of hydrogen-bond donors (Lipinski definition) is 3. The van der Waals surface area contributed by atoms with Crippen molar-refractivity contribution in [3.05, 3.63) is 34.9 Å². The Labute approximate surface area is 165 Å². The Hall–Kier alpha value is -1.22. The molecule has 0 radical (unpaired) electrons. The van der Waals surface area contributed by atoms with E-state index in [-0.39, 0.29) is 24.0 Å². The number of halogens is 2. The zero-order valence-electron chi connectivity index (χ0n) is 14.5. The van der Waals surface area contributed by atoms with E-state index in [1.54, 1.807) is 7.05 Å². The summed E-state index contributed by atoms with van der Waals surface area (Å²) in [5.41, 5.74) is 0.609. The summed E-state index contributed by atoms with van der Waals surface area (Å²) in [6.45, 7) is 7.10. The molecular formula is C16H26ClIN4O2. The van der Waals surface area contributed by atoms with Crippen molar-refractivity contribution >= 4 is 47.6 Å². The summed E-state index contributed by atoms with van der Waals surface area (Å²) in [5.74, 6) is 0.658. The number of aliphatic imine (C=N–C) groups is 1. The molecule has 1 aromatic carbocycles. The Morgan fingerprint density at radius 1 is 1.12 bits per heavy atom. The van der Waals surface area contributed by atoms with E-state index in [4.69, 9.17) is 16.3 Å². The van der Waals surface area contributed by atoms with Crippen LogP contribution in [0, 0.1) is 0 Å². The summed E-state index contributed by atoms with van der Waals surface area (Å²) >= 11 is 5.85. The first-order valence-corrected chi connectivity index (χ1v) is 7.84. The fraction of sp³-hybridized carbons (Fsp3) is 0.500. The number of rotatable bonds is 5.